The second-order valence-electron chi connectivity index (χ2n) is 4.93. The Balaban J connectivity index is 1.77. The molecule has 0 unspecified atom stereocenters. The predicted molar refractivity (Wildman–Crippen MR) is 78.4 cm³/mol. The molecule has 1 N–H and O–H groups in total. The highest BCUT2D eigenvalue weighted by atomic mass is 16.2. The highest BCUT2D eigenvalue weighted by molar-refractivity contribution is 6.22. The van der Waals surface area contributed by atoms with E-state index in [4.69, 9.17) is 5.26 Å². The summed E-state index contributed by atoms with van der Waals surface area (Å²) in [5, 5.41) is 15.3. The maximum Gasteiger partial charge on any atom is 0.262 e. The number of amides is 3. The number of hydrogen-bond acceptors (Lipinski definition) is 5. The number of carbonyl (C=O) groups excluding carboxylic acids is 3. The Kier molecular flexibility index (Phi) is 3.38. The van der Waals surface area contributed by atoms with Crippen molar-refractivity contribution < 1.29 is 14.4 Å². The molecule has 0 radical (unpaired) electrons. The van der Waals surface area contributed by atoms with Crippen molar-refractivity contribution in [1.29, 1.82) is 5.26 Å². The molecule has 3 rings (SSSR count). The van der Waals surface area contributed by atoms with E-state index in [0.29, 0.717) is 0 Å². The lowest BCUT2D eigenvalue weighted by molar-refractivity contribution is -0.116. The molecule has 0 spiro atoms. The second-order valence-corrected chi connectivity index (χ2v) is 4.93. The molecular formula is C15H11N5O3. The van der Waals surface area contributed by atoms with Crippen molar-refractivity contribution in [2.45, 2.75) is 0 Å². The van der Waals surface area contributed by atoms with Crippen LogP contribution in [0.2, 0.25) is 0 Å². The van der Waals surface area contributed by atoms with Crippen LogP contribution in [0, 0.1) is 11.3 Å². The van der Waals surface area contributed by atoms with E-state index in [2.05, 4.69) is 10.4 Å². The maximum atomic E-state index is 12.2. The number of fused-ring (bicyclic) bond motifs is 1. The van der Waals surface area contributed by atoms with Crippen molar-refractivity contribution in [3.05, 3.63) is 47.2 Å². The number of nitriles is 1. The van der Waals surface area contributed by atoms with E-state index < -0.39 is 24.3 Å². The van der Waals surface area contributed by atoms with Gasteiger partial charge in [0.05, 0.1) is 17.3 Å². The molecule has 0 bridgehead atoms. The van der Waals surface area contributed by atoms with Gasteiger partial charge < -0.3 is 5.32 Å². The van der Waals surface area contributed by atoms with Gasteiger partial charge in [0.2, 0.25) is 5.91 Å². The SMILES string of the molecule is Cn1ncc(C#N)c1NC(=O)CN1C(=O)c2ccccc2C1=O. The molecule has 2 heterocycles. The van der Waals surface area contributed by atoms with Crippen LogP contribution in [0.1, 0.15) is 26.3 Å². The minimum absolute atomic E-state index is 0.197. The molecule has 1 aliphatic rings. The van der Waals surface area contributed by atoms with Crippen molar-refractivity contribution >= 4 is 23.5 Å². The number of rotatable bonds is 3. The lowest BCUT2D eigenvalue weighted by Crippen LogP contribution is -2.37. The van der Waals surface area contributed by atoms with Crippen molar-refractivity contribution in [1.82, 2.24) is 14.7 Å². The average Bonchev–Trinajstić information content (AvgIpc) is 3.01. The van der Waals surface area contributed by atoms with Crippen molar-refractivity contribution in [2.75, 3.05) is 11.9 Å². The highest BCUT2D eigenvalue weighted by Gasteiger charge is 2.36. The van der Waals surface area contributed by atoms with Crippen LogP contribution < -0.4 is 5.32 Å². The first-order chi connectivity index (χ1) is 11.0. The number of imide groups is 1. The summed E-state index contributed by atoms with van der Waals surface area (Å²) in [7, 11) is 1.57. The Hall–Kier alpha value is -3.47. The predicted octanol–water partition coefficient (Wildman–Crippen LogP) is 0.526. The van der Waals surface area contributed by atoms with Crippen LogP contribution in [0.25, 0.3) is 0 Å². The summed E-state index contributed by atoms with van der Waals surface area (Å²) in [6, 6.07) is 8.30. The zero-order valence-corrected chi connectivity index (χ0v) is 12.1. The minimum Gasteiger partial charge on any atom is -0.308 e. The average molecular weight is 309 g/mol. The summed E-state index contributed by atoms with van der Waals surface area (Å²) < 4.78 is 1.33. The standard InChI is InChI=1S/C15H11N5O3/c1-19-13(9(6-16)7-17-19)18-12(21)8-20-14(22)10-4-2-3-5-11(10)15(20)23/h2-5,7H,8H2,1H3,(H,18,21). The van der Waals surface area contributed by atoms with Crippen LogP contribution in [0.4, 0.5) is 5.82 Å². The molecule has 1 aromatic heterocycles. The molecule has 0 aliphatic carbocycles. The molecule has 0 atom stereocenters. The van der Waals surface area contributed by atoms with E-state index in [0.717, 1.165) is 4.90 Å². The number of benzene rings is 1. The quantitative estimate of drug-likeness (QED) is 0.832. The van der Waals surface area contributed by atoms with Gasteiger partial charge >= 0.3 is 0 Å². The smallest absolute Gasteiger partial charge is 0.262 e. The number of anilines is 1. The zero-order valence-electron chi connectivity index (χ0n) is 12.1. The third kappa shape index (κ3) is 2.34. The molecule has 8 nitrogen and oxygen atoms in total. The number of aryl methyl sites for hydroxylation is 1. The van der Waals surface area contributed by atoms with Crippen molar-refractivity contribution in [2.24, 2.45) is 7.05 Å². The van der Waals surface area contributed by atoms with Gasteiger partial charge in [0.15, 0.2) is 0 Å². The third-order valence-electron chi connectivity index (χ3n) is 3.50. The van der Waals surface area contributed by atoms with E-state index >= 15 is 0 Å². The van der Waals surface area contributed by atoms with Gasteiger partial charge in [-0.2, -0.15) is 10.4 Å². The molecule has 1 aromatic carbocycles. The van der Waals surface area contributed by atoms with Crippen molar-refractivity contribution in [3.8, 4) is 6.07 Å². The summed E-state index contributed by atoms with van der Waals surface area (Å²) in [5.41, 5.74) is 0.760. The number of hydrogen-bond donors (Lipinski definition) is 1. The van der Waals surface area contributed by atoms with E-state index in [9.17, 15) is 14.4 Å². The first-order valence-electron chi connectivity index (χ1n) is 6.70. The maximum absolute atomic E-state index is 12.2. The topological polar surface area (TPSA) is 108 Å². The molecular weight excluding hydrogens is 298 g/mol. The fourth-order valence-electron chi connectivity index (χ4n) is 2.37. The Morgan fingerprint density at radius 3 is 2.43 bits per heavy atom. The van der Waals surface area contributed by atoms with Crippen LogP contribution in [0.5, 0.6) is 0 Å². The fourth-order valence-corrected chi connectivity index (χ4v) is 2.37. The summed E-state index contributed by atoms with van der Waals surface area (Å²) in [5.74, 6) is -1.38. The lowest BCUT2D eigenvalue weighted by Gasteiger charge is -2.13. The van der Waals surface area contributed by atoms with Crippen LogP contribution >= 0.6 is 0 Å². The zero-order chi connectivity index (χ0) is 16.6. The minimum atomic E-state index is -0.584. The van der Waals surface area contributed by atoms with Crippen molar-refractivity contribution in [3.63, 3.8) is 0 Å². The highest BCUT2D eigenvalue weighted by Crippen LogP contribution is 2.22. The van der Waals surface area contributed by atoms with Crippen LogP contribution in [-0.4, -0.2) is 38.9 Å². The number of nitrogens with zero attached hydrogens (tertiary/aromatic N) is 4. The summed E-state index contributed by atoms with van der Waals surface area (Å²) in [6.07, 6.45) is 1.32. The van der Waals surface area contributed by atoms with Crippen LogP contribution in [0.15, 0.2) is 30.5 Å². The molecule has 0 saturated carbocycles. The molecule has 2 aromatic rings. The summed E-state index contributed by atoms with van der Waals surface area (Å²) >= 11 is 0. The third-order valence-corrected chi connectivity index (χ3v) is 3.50. The Labute approximate surface area is 130 Å². The molecule has 1 aliphatic heterocycles. The van der Waals surface area contributed by atoms with Gasteiger partial charge in [0.25, 0.3) is 11.8 Å². The number of carbonyl (C=O) groups is 3. The largest absolute Gasteiger partial charge is 0.308 e. The van der Waals surface area contributed by atoms with Gasteiger partial charge in [-0.15, -0.1) is 0 Å². The van der Waals surface area contributed by atoms with E-state index in [1.807, 2.05) is 6.07 Å². The Morgan fingerprint density at radius 1 is 1.26 bits per heavy atom. The molecule has 0 saturated heterocycles. The van der Waals surface area contributed by atoms with Gasteiger partial charge in [-0.3, -0.25) is 24.0 Å². The van der Waals surface area contributed by atoms with Gasteiger partial charge in [0, 0.05) is 7.05 Å². The normalized spacial score (nSPS) is 13.0. The second kappa shape index (κ2) is 5.38. The first kappa shape index (κ1) is 14.5. The van der Waals surface area contributed by atoms with Gasteiger partial charge in [-0.1, -0.05) is 12.1 Å². The Morgan fingerprint density at radius 2 is 1.87 bits per heavy atom. The Bertz CT molecular complexity index is 842. The van der Waals surface area contributed by atoms with E-state index in [-0.39, 0.29) is 22.5 Å². The molecule has 114 valence electrons. The van der Waals surface area contributed by atoms with Gasteiger partial charge in [-0.05, 0) is 12.1 Å². The lowest BCUT2D eigenvalue weighted by atomic mass is 10.1. The fraction of sp³-hybridized carbons (Fsp3) is 0.133. The first-order valence-corrected chi connectivity index (χ1v) is 6.70. The van der Waals surface area contributed by atoms with E-state index in [1.165, 1.54) is 10.9 Å². The van der Waals surface area contributed by atoms with Gasteiger partial charge in [0.1, 0.15) is 24.0 Å². The molecule has 8 heteroatoms. The summed E-state index contributed by atoms with van der Waals surface area (Å²) in [4.78, 5) is 37.4. The summed E-state index contributed by atoms with van der Waals surface area (Å²) in [6.45, 7) is -0.428. The number of nitrogens with one attached hydrogen (secondary N) is 1. The van der Waals surface area contributed by atoms with Crippen LogP contribution in [-0.2, 0) is 11.8 Å². The number of aromatic nitrogens is 2. The monoisotopic (exact) mass is 309 g/mol. The molecule has 0 fully saturated rings. The van der Waals surface area contributed by atoms with Gasteiger partial charge in [-0.25, -0.2) is 0 Å². The molecule has 3 amide bonds. The van der Waals surface area contributed by atoms with Crippen LogP contribution in [0.3, 0.4) is 0 Å². The van der Waals surface area contributed by atoms with E-state index in [1.54, 1.807) is 31.3 Å². The molecule has 23 heavy (non-hydrogen) atoms.